The number of rotatable bonds is 6. The number of aryl methyl sites for hydroxylation is 2. The molecule has 1 aliphatic carbocycles. The number of fused-ring (bicyclic) bond motifs is 1. The molecule has 0 bridgehead atoms. The molecule has 0 N–H and O–H groups in total. The average Bonchev–Trinajstić information content (AvgIpc) is 2.90. The largest absolute Gasteiger partial charge is 0.340 e. The van der Waals surface area contributed by atoms with Crippen LogP contribution >= 0.6 is 0 Å². The molecule has 1 aromatic rings. The van der Waals surface area contributed by atoms with Gasteiger partial charge in [0.15, 0.2) is 0 Å². The highest BCUT2D eigenvalue weighted by molar-refractivity contribution is 5.80. The Labute approximate surface area is 138 Å². The summed E-state index contributed by atoms with van der Waals surface area (Å²) in [4.78, 5) is 27.1. The molecule has 0 saturated heterocycles. The predicted molar refractivity (Wildman–Crippen MR) is 91.5 cm³/mol. The van der Waals surface area contributed by atoms with Gasteiger partial charge in [0.2, 0.25) is 5.91 Å². The molecule has 0 fully saturated rings. The van der Waals surface area contributed by atoms with Crippen LogP contribution in [0.4, 0.5) is 0 Å². The van der Waals surface area contributed by atoms with Crippen LogP contribution in [0.1, 0.15) is 58.3 Å². The fourth-order valence-corrected chi connectivity index (χ4v) is 3.20. The standard InChI is InChI=1S/C18H29N3O2/c1-12(2)10-20(11-13(3)4)18(23)14(5)21-17(22)9-15-7-6-8-16(15)19-21/h9,12-14H,6-8,10-11H2,1-5H3. The van der Waals surface area contributed by atoms with Crippen LogP contribution in [0.3, 0.4) is 0 Å². The second kappa shape index (κ2) is 7.28. The van der Waals surface area contributed by atoms with E-state index in [1.165, 1.54) is 4.68 Å². The topological polar surface area (TPSA) is 55.2 Å². The lowest BCUT2D eigenvalue weighted by Gasteiger charge is -2.29. The molecule has 1 unspecified atom stereocenters. The first kappa shape index (κ1) is 17.7. The molecule has 0 radical (unpaired) electrons. The second-order valence-corrected chi connectivity index (χ2v) is 7.46. The normalized spacial score (nSPS) is 15.1. The maximum absolute atomic E-state index is 12.9. The number of carbonyl (C=O) groups is 1. The van der Waals surface area contributed by atoms with E-state index in [1.807, 2.05) is 4.90 Å². The third kappa shape index (κ3) is 4.21. The summed E-state index contributed by atoms with van der Waals surface area (Å²) in [7, 11) is 0. The van der Waals surface area contributed by atoms with E-state index >= 15 is 0 Å². The quantitative estimate of drug-likeness (QED) is 0.809. The van der Waals surface area contributed by atoms with E-state index in [1.54, 1.807) is 13.0 Å². The first-order valence-electron chi connectivity index (χ1n) is 8.70. The summed E-state index contributed by atoms with van der Waals surface area (Å²) >= 11 is 0. The summed E-state index contributed by atoms with van der Waals surface area (Å²) in [6.07, 6.45) is 2.87. The number of aromatic nitrogens is 2. The Hall–Kier alpha value is -1.65. The lowest BCUT2D eigenvalue weighted by atomic mass is 10.1. The highest BCUT2D eigenvalue weighted by Gasteiger charge is 2.26. The van der Waals surface area contributed by atoms with E-state index in [0.29, 0.717) is 24.9 Å². The first-order valence-corrected chi connectivity index (χ1v) is 8.70. The van der Waals surface area contributed by atoms with E-state index in [0.717, 1.165) is 30.5 Å². The number of hydrogen-bond donors (Lipinski definition) is 0. The van der Waals surface area contributed by atoms with Crippen molar-refractivity contribution in [2.45, 2.75) is 59.9 Å². The maximum Gasteiger partial charge on any atom is 0.267 e. The molecule has 0 saturated carbocycles. The molecule has 1 heterocycles. The number of hydrogen-bond acceptors (Lipinski definition) is 3. The molecule has 128 valence electrons. The summed E-state index contributed by atoms with van der Waals surface area (Å²) in [5, 5.41) is 4.47. The van der Waals surface area contributed by atoms with E-state index in [-0.39, 0.29) is 11.5 Å². The van der Waals surface area contributed by atoms with Gasteiger partial charge in [0, 0.05) is 19.2 Å². The van der Waals surface area contributed by atoms with Crippen LogP contribution in [0.15, 0.2) is 10.9 Å². The Morgan fingerprint density at radius 1 is 1.17 bits per heavy atom. The fourth-order valence-electron chi connectivity index (χ4n) is 3.20. The molecule has 0 spiro atoms. The van der Waals surface area contributed by atoms with Crippen molar-refractivity contribution in [3.05, 3.63) is 27.7 Å². The van der Waals surface area contributed by atoms with Gasteiger partial charge < -0.3 is 4.90 Å². The maximum atomic E-state index is 12.9. The van der Waals surface area contributed by atoms with E-state index in [2.05, 4.69) is 32.8 Å². The van der Waals surface area contributed by atoms with E-state index in [4.69, 9.17) is 0 Å². The Morgan fingerprint density at radius 2 is 1.78 bits per heavy atom. The molecule has 0 aliphatic heterocycles. The van der Waals surface area contributed by atoms with Crippen molar-refractivity contribution in [1.82, 2.24) is 14.7 Å². The smallest absolute Gasteiger partial charge is 0.267 e. The van der Waals surface area contributed by atoms with Gasteiger partial charge in [-0.25, -0.2) is 4.68 Å². The average molecular weight is 319 g/mol. The van der Waals surface area contributed by atoms with Crippen LogP contribution in [-0.4, -0.2) is 33.7 Å². The SMILES string of the molecule is CC(C)CN(CC(C)C)C(=O)C(C)n1nc2c(cc1=O)CCC2. The number of carbonyl (C=O) groups excluding carboxylic acids is 1. The van der Waals surface area contributed by atoms with Crippen LogP contribution in [0.25, 0.3) is 0 Å². The third-order valence-electron chi connectivity index (χ3n) is 4.19. The molecule has 1 aromatic heterocycles. The molecule has 5 nitrogen and oxygen atoms in total. The zero-order valence-corrected chi connectivity index (χ0v) is 15.0. The molecule has 1 aliphatic rings. The van der Waals surface area contributed by atoms with Crippen LogP contribution in [0.5, 0.6) is 0 Å². The van der Waals surface area contributed by atoms with Gasteiger partial charge in [-0.15, -0.1) is 0 Å². The molecule has 1 amide bonds. The number of nitrogens with zero attached hydrogens (tertiary/aromatic N) is 3. The fraction of sp³-hybridized carbons (Fsp3) is 0.722. The zero-order valence-electron chi connectivity index (χ0n) is 15.0. The van der Waals surface area contributed by atoms with Gasteiger partial charge in [0.1, 0.15) is 6.04 Å². The van der Waals surface area contributed by atoms with Crippen LogP contribution in [-0.2, 0) is 17.6 Å². The highest BCUT2D eigenvalue weighted by Crippen LogP contribution is 2.19. The summed E-state index contributed by atoms with van der Waals surface area (Å²) in [6, 6.07) is 1.11. The van der Waals surface area contributed by atoms with Crippen LogP contribution in [0, 0.1) is 11.8 Å². The van der Waals surface area contributed by atoms with Crippen LogP contribution in [0.2, 0.25) is 0 Å². The van der Waals surface area contributed by atoms with Crippen molar-refractivity contribution in [2.24, 2.45) is 11.8 Å². The van der Waals surface area contributed by atoms with Gasteiger partial charge in [-0.3, -0.25) is 9.59 Å². The minimum atomic E-state index is -0.550. The Kier molecular flexibility index (Phi) is 5.60. The molecule has 0 aromatic carbocycles. The third-order valence-corrected chi connectivity index (χ3v) is 4.19. The lowest BCUT2D eigenvalue weighted by molar-refractivity contribution is -0.135. The van der Waals surface area contributed by atoms with Gasteiger partial charge in [-0.05, 0) is 43.6 Å². The van der Waals surface area contributed by atoms with Crippen molar-refractivity contribution < 1.29 is 4.79 Å². The Morgan fingerprint density at radius 3 is 2.35 bits per heavy atom. The molecule has 2 rings (SSSR count). The predicted octanol–water partition coefficient (Wildman–Crippen LogP) is 2.43. The van der Waals surface area contributed by atoms with Crippen molar-refractivity contribution in [3.8, 4) is 0 Å². The van der Waals surface area contributed by atoms with Gasteiger partial charge in [-0.1, -0.05) is 27.7 Å². The monoisotopic (exact) mass is 319 g/mol. The minimum Gasteiger partial charge on any atom is -0.340 e. The Balaban J connectivity index is 2.25. The number of amides is 1. The lowest BCUT2D eigenvalue weighted by Crippen LogP contribution is -2.43. The molecular weight excluding hydrogens is 290 g/mol. The van der Waals surface area contributed by atoms with Crippen LogP contribution < -0.4 is 5.56 Å². The van der Waals surface area contributed by atoms with Crippen molar-refractivity contribution in [1.29, 1.82) is 0 Å². The van der Waals surface area contributed by atoms with E-state index in [9.17, 15) is 9.59 Å². The van der Waals surface area contributed by atoms with Gasteiger partial charge >= 0.3 is 0 Å². The zero-order chi connectivity index (χ0) is 17.1. The second-order valence-electron chi connectivity index (χ2n) is 7.46. The van der Waals surface area contributed by atoms with Crippen molar-refractivity contribution >= 4 is 5.91 Å². The summed E-state index contributed by atoms with van der Waals surface area (Å²) < 4.78 is 1.38. The van der Waals surface area contributed by atoms with Gasteiger partial charge in [-0.2, -0.15) is 5.10 Å². The van der Waals surface area contributed by atoms with Crippen molar-refractivity contribution in [2.75, 3.05) is 13.1 Å². The van der Waals surface area contributed by atoms with Gasteiger partial charge in [0.25, 0.3) is 5.56 Å². The summed E-state index contributed by atoms with van der Waals surface area (Å²) in [6.45, 7) is 11.6. The summed E-state index contributed by atoms with van der Waals surface area (Å²) in [5.74, 6) is 0.782. The van der Waals surface area contributed by atoms with Gasteiger partial charge in [0.05, 0.1) is 5.69 Å². The van der Waals surface area contributed by atoms with E-state index < -0.39 is 6.04 Å². The molecule has 1 atom stereocenters. The molecule has 5 heteroatoms. The highest BCUT2D eigenvalue weighted by atomic mass is 16.2. The summed E-state index contributed by atoms with van der Waals surface area (Å²) in [5.41, 5.74) is 1.86. The first-order chi connectivity index (χ1) is 10.8. The Bertz CT molecular complexity index is 609. The molecule has 23 heavy (non-hydrogen) atoms. The molecular formula is C18H29N3O2. The minimum absolute atomic E-state index is 0.0139. The van der Waals surface area contributed by atoms with Crippen molar-refractivity contribution in [3.63, 3.8) is 0 Å².